The number of carbonyl (C=O) groups is 1. The van der Waals surface area contributed by atoms with Gasteiger partial charge in [0.1, 0.15) is 23.1 Å². The number of furan rings is 1. The highest BCUT2D eigenvalue weighted by molar-refractivity contribution is 5.95. The van der Waals surface area contributed by atoms with E-state index >= 15 is 0 Å². The summed E-state index contributed by atoms with van der Waals surface area (Å²) in [6, 6.07) is 13.0. The van der Waals surface area contributed by atoms with Crippen molar-refractivity contribution >= 4 is 5.91 Å². The van der Waals surface area contributed by atoms with Gasteiger partial charge in [-0.25, -0.2) is 8.78 Å². The molecule has 1 atom stereocenters. The molecule has 0 saturated carbocycles. The third kappa shape index (κ3) is 5.73. The van der Waals surface area contributed by atoms with Crippen molar-refractivity contribution in [3.63, 3.8) is 0 Å². The molecule has 1 aliphatic rings. The molecule has 1 aromatic heterocycles. The Balaban J connectivity index is 1.49. The number of benzene rings is 2. The summed E-state index contributed by atoms with van der Waals surface area (Å²) in [4.78, 5) is 17.3. The van der Waals surface area contributed by atoms with E-state index in [2.05, 4.69) is 4.90 Å². The molecule has 0 radical (unpaired) electrons. The molecule has 4 rings (SSSR count). The van der Waals surface area contributed by atoms with Crippen LogP contribution in [0.4, 0.5) is 8.78 Å². The van der Waals surface area contributed by atoms with Gasteiger partial charge >= 0.3 is 0 Å². The minimum absolute atomic E-state index is 0.126. The lowest BCUT2D eigenvalue weighted by Crippen LogP contribution is -2.47. The van der Waals surface area contributed by atoms with Gasteiger partial charge in [0.25, 0.3) is 5.91 Å². The van der Waals surface area contributed by atoms with Crippen molar-refractivity contribution in [2.24, 2.45) is 5.92 Å². The molecule has 5 nitrogen and oxygen atoms in total. The van der Waals surface area contributed by atoms with Gasteiger partial charge in [0.05, 0.1) is 18.9 Å². The lowest BCUT2D eigenvalue weighted by atomic mass is 9.84. The summed E-state index contributed by atoms with van der Waals surface area (Å²) < 4.78 is 39.5. The number of methoxy groups -OCH3 is 1. The van der Waals surface area contributed by atoms with Crippen molar-refractivity contribution in [1.82, 2.24) is 9.80 Å². The van der Waals surface area contributed by atoms with Gasteiger partial charge in [-0.2, -0.15) is 0 Å². The molecule has 2 aromatic carbocycles. The van der Waals surface area contributed by atoms with Crippen LogP contribution in [0.3, 0.4) is 0 Å². The number of hydrogen-bond acceptors (Lipinski definition) is 4. The zero-order valence-electron chi connectivity index (χ0n) is 20.5. The second-order valence-electron chi connectivity index (χ2n) is 9.24. The highest BCUT2D eigenvalue weighted by Gasteiger charge is 2.33. The van der Waals surface area contributed by atoms with Crippen molar-refractivity contribution in [2.45, 2.75) is 38.8 Å². The summed E-state index contributed by atoms with van der Waals surface area (Å²) in [5.74, 6) is 0.758. The molecule has 35 heavy (non-hydrogen) atoms. The van der Waals surface area contributed by atoms with Crippen molar-refractivity contribution < 1.29 is 22.7 Å². The summed E-state index contributed by atoms with van der Waals surface area (Å²) in [5.41, 5.74) is 1.73. The summed E-state index contributed by atoms with van der Waals surface area (Å²) in [6.45, 7) is 3.80. The standard InChI is InChI=1S/C28H32F2N2O3/c1-19-24(12-15-35-19)28(33)31(2)27(17-21-6-4-5-7-25(21)29)20-10-13-32(14-11-20)18-22-16-23(34-3)8-9-26(22)30/h4-9,12,15-16,20,27H,10-11,13-14,17-18H2,1-3H3. The smallest absolute Gasteiger partial charge is 0.257 e. The van der Waals surface area contributed by atoms with E-state index in [-0.39, 0.29) is 29.5 Å². The van der Waals surface area contributed by atoms with Crippen LogP contribution in [0.2, 0.25) is 0 Å². The Morgan fingerprint density at radius 2 is 1.83 bits per heavy atom. The van der Waals surface area contributed by atoms with Crippen LogP contribution < -0.4 is 4.74 Å². The van der Waals surface area contributed by atoms with Gasteiger partial charge in [-0.15, -0.1) is 0 Å². The van der Waals surface area contributed by atoms with Gasteiger partial charge in [0.15, 0.2) is 0 Å². The third-order valence-corrected chi connectivity index (χ3v) is 7.12. The van der Waals surface area contributed by atoms with Crippen LogP contribution in [0.15, 0.2) is 59.2 Å². The average Bonchev–Trinajstić information content (AvgIpc) is 3.30. The normalized spacial score (nSPS) is 15.7. The predicted octanol–water partition coefficient (Wildman–Crippen LogP) is 5.47. The van der Waals surface area contributed by atoms with Gasteiger partial charge in [0, 0.05) is 25.2 Å². The molecule has 1 amide bonds. The number of amides is 1. The molecule has 0 N–H and O–H groups in total. The van der Waals surface area contributed by atoms with Crippen molar-refractivity contribution in [3.05, 3.63) is 88.9 Å². The summed E-state index contributed by atoms with van der Waals surface area (Å²) >= 11 is 0. The number of hydrogen-bond donors (Lipinski definition) is 0. The molecular formula is C28H32F2N2O3. The SMILES string of the molecule is COc1ccc(F)c(CN2CCC(C(Cc3ccccc3F)N(C)C(=O)c3ccoc3C)CC2)c1. The maximum atomic E-state index is 14.6. The van der Waals surface area contributed by atoms with Crippen LogP contribution in [-0.2, 0) is 13.0 Å². The molecule has 1 saturated heterocycles. The zero-order chi connectivity index (χ0) is 24.9. The first-order valence-electron chi connectivity index (χ1n) is 12.0. The number of aryl methyl sites for hydroxylation is 1. The first kappa shape index (κ1) is 24.9. The summed E-state index contributed by atoms with van der Waals surface area (Å²) in [6.07, 6.45) is 3.60. The Labute approximate surface area is 205 Å². The van der Waals surface area contributed by atoms with Gasteiger partial charge in [-0.1, -0.05) is 18.2 Å². The van der Waals surface area contributed by atoms with Gasteiger partial charge < -0.3 is 14.1 Å². The van der Waals surface area contributed by atoms with E-state index in [0.717, 1.165) is 25.9 Å². The van der Waals surface area contributed by atoms with Crippen LogP contribution >= 0.6 is 0 Å². The molecule has 0 bridgehead atoms. The van der Waals surface area contributed by atoms with E-state index < -0.39 is 0 Å². The number of rotatable bonds is 8. The lowest BCUT2D eigenvalue weighted by molar-refractivity contribution is 0.0581. The minimum atomic E-state index is -0.260. The van der Waals surface area contributed by atoms with E-state index in [1.54, 1.807) is 56.3 Å². The van der Waals surface area contributed by atoms with E-state index in [0.29, 0.717) is 41.2 Å². The third-order valence-electron chi connectivity index (χ3n) is 7.12. The fourth-order valence-electron chi connectivity index (χ4n) is 4.99. The molecular weight excluding hydrogens is 450 g/mol. The van der Waals surface area contributed by atoms with Crippen molar-refractivity contribution in [2.75, 3.05) is 27.2 Å². The number of carbonyl (C=O) groups excluding carboxylic acids is 1. The van der Waals surface area contributed by atoms with E-state index in [1.165, 1.54) is 18.4 Å². The molecule has 0 aliphatic carbocycles. The quantitative estimate of drug-likeness (QED) is 0.427. The fourth-order valence-corrected chi connectivity index (χ4v) is 4.99. The van der Waals surface area contributed by atoms with Crippen LogP contribution in [0.25, 0.3) is 0 Å². The number of likely N-dealkylation sites (N-methyl/N-ethyl adjacent to an activating group) is 1. The number of likely N-dealkylation sites (tertiary alicyclic amines) is 1. The van der Waals surface area contributed by atoms with Crippen molar-refractivity contribution in [3.8, 4) is 5.75 Å². The highest BCUT2D eigenvalue weighted by Crippen LogP contribution is 2.30. The van der Waals surface area contributed by atoms with Crippen LogP contribution in [0, 0.1) is 24.5 Å². The monoisotopic (exact) mass is 482 g/mol. The molecule has 0 spiro atoms. The number of nitrogens with zero attached hydrogens (tertiary/aromatic N) is 2. The van der Waals surface area contributed by atoms with Crippen LogP contribution in [-0.4, -0.2) is 49.0 Å². The summed E-state index contributed by atoms with van der Waals surface area (Å²) in [5, 5.41) is 0. The Morgan fingerprint density at radius 3 is 2.49 bits per heavy atom. The minimum Gasteiger partial charge on any atom is -0.497 e. The average molecular weight is 483 g/mol. The van der Waals surface area contributed by atoms with Gasteiger partial charge in [0.2, 0.25) is 0 Å². The second kappa shape index (κ2) is 11.0. The fraction of sp³-hybridized carbons (Fsp3) is 0.393. The van der Waals surface area contributed by atoms with Gasteiger partial charge in [-0.05, 0) is 81.1 Å². The zero-order valence-corrected chi connectivity index (χ0v) is 20.5. The van der Waals surface area contributed by atoms with E-state index in [1.807, 2.05) is 6.07 Å². The highest BCUT2D eigenvalue weighted by atomic mass is 19.1. The van der Waals surface area contributed by atoms with E-state index in [9.17, 15) is 13.6 Å². The first-order chi connectivity index (χ1) is 16.9. The van der Waals surface area contributed by atoms with Crippen molar-refractivity contribution in [1.29, 1.82) is 0 Å². The summed E-state index contributed by atoms with van der Waals surface area (Å²) in [7, 11) is 3.36. The Morgan fingerprint density at radius 1 is 1.11 bits per heavy atom. The molecule has 2 heterocycles. The van der Waals surface area contributed by atoms with Gasteiger partial charge in [-0.3, -0.25) is 9.69 Å². The Hall–Kier alpha value is -3.19. The number of halogens is 2. The maximum Gasteiger partial charge on any atom is 0.257 e. The number of piperidine rings is 1. The molecule has 1 aliphatic heterocycles. The molecule has 3 aromatic rings. The first-order valence-corrected chi connectivity index (χ1v) is 12.0. The predicted molar refractivity (Wildman–Crippen MR) is 130 cm³/mol. The largest absolute Gasteiger partial charge is 0.497 e. The van der Waals surface area contributed by atoms with Crippen LogP contribution in [0.1, 0.15) is 40.1 Å². The Bertz CT molecular complexity index is 1150. The molecule has 1 fully saturated rings. The van der Waals surface area contributed by atoms with Crippen LogP contribution in [0.5, 0.6) is 5.75 Å². The van der Waals surface area contributed by atoms with E-state index in [4.69, 9.17) is 9.15 Å². The molecule has 186 valence electrons. The lowest BCUT2D eigenvalue weighted by Gasteiger charge is -2.40. The maximum absolute atomic E-state index is 14.6. The Kier molecular flexibility index (Phi) is 7.86. The number of ether oxygens (including phenoxy) is 1. The second-order valence-corrected chi connectivity index (χ2v) is 9.24. The topological polar surface area (TPSA) is 45.9 Å². The molecule has 7 heteroatoms. The molecule has 1 unspecified atom stereocenters.